The van der Waals surface area contributed by atoms with Gasteiger partial charge < -0.3 is 9.47 Å². The molecule has 2 aliphatic heterocycles. The van der Waals surface area contributed by atoms with Crippen molar-refractivity contribution in [2.75, 3.05) is 19.7 Å². The number of ether oxygens (including phenoxy) is 2. The molecule has 3 heterocycles. The zero-order valence-electron chi connectivity index (χ0n) is 13.6. The summed E-state index contributed by atoms with van der Waals surface area (Å²) in [6.07, 6.45) is 0.692. The zero-order chi connectivity index (χ0) is 16.5. The number of hydrogen-bond acceptors (Lipinski definition) is 6. The fraction of sp³-hybridized carbons (Fsp3) is 0.444. The van der Waals surface area contributed by atoms with E-state index in [1.54, 1.807) is 11.3 Å². The predicted octanol–water partition coefficient (Wildman–Crippen LogP) is 2.89. The summed E-state index contributed by atoms with van der Waals surface area (Å²) in [5.41, 5.74) is 2.09. The van der Waals surface area contributed by atoms with Crippen LogP contribution in [0, 0.1) is 0 Å². The molecule has 2 aliphatic rings. The van der Waals surface area contributed by atoms with Gasteiger partial charge in [-0.3, -0.25) is 9.69 Å². The summed E-state index contributed by atoms with van der Waals surface area (Å²) < 4.78 is 11.2. The van der Waals surface area contributed by atoms with Crippen LogP contribution in [0.5, 0.6) is 0 Å². The highest BCUT2D eigenvalue weighted by atomic mass is 32.1. The largest absolute Gasteiger partial charge is 0.461 e. The van der Waals surface area contributed by atoms with Gasteiger partial charge in [-0.15, -0.1) is 11.3 Å². The van der Waals surface area contributed by atoms with Crippen LogP contribution in [0.3, 0.4) is 0 Å². The first-order valence-electron chi connectivity index (χ1n) is 8.27. The zero-order valence-corrected chi connectivity index (χ0v) is 14.4. The molecular weight excluding hydrogens is 324 g/mol. The fourth-order valence-electron chi connectivity index (χ4n) is 3.31. The van der Waals surface area contributed by atoms with Crippen molar-refractivity contribution in [2.45, 2.75) is 31.6 Å². The number of hydrogen-bond donors (Lipinski definition) is 0. The number of aromatic nitrogens is 1. The van der Waals surface area contributed by atoms with Crippen LogP contribution in [-0.4, -0.2) is 47.7 Å². The van der Waals surface area contributed by atoms with Crippen molar-refractivity contribution in [1.29, 1.82) is 0 Å². The predicted molar refractivity (Wildman–Crippen MR) is 91.8 cm³/mol. The fourth-order valence-corrected chi connectivity index (χ4v) is 4.18. The van der Waals surface area contributed by atoms with E-state index in [2.05, 4.69) is 22.4 Å². The second-order valence-electron chi connectivity index (χ2n) is 6.29. The Morgan fingerprint density at radius 2 is 2.12 bits per heavy atom. The van der Waals surface area contributed by atoms with Crippen LogP contribution in [0.15, 0.2) is 35.7 Å². The van der Waals surface area contributed by atoms with Gasteiger partial charge in [0.2, 0.25) is 0 Å². The van der Waals surface area contributed by atoms with E-state index >= 15 is 0 Å². The normalized spacial score (nSPS) is 28.0. The molecule has 6 heteroatoms. The molecular formula is C18H20N2O3S. The number of carbonyl (C=O) groups is 1. The molecule has 5 nitrogen and oxygen atoms in total. The first-order valence-corrected chi connectivity index (χ1v) is 9.15. The van der Waals surface area contributed by atoms with Gasteiger partial charge in [0.25, 0.3) is 0 Å². The number of cyclic esters (lactones) is 1. The van der Waals surface area contributed by atoms with Crippen LogP contribution < -0.4 is 0 Å². The van der Waals surface area contributed by atoms with Crippen LogP contribution in [0.1, 0.15) is 24.5 Å². The highest BCUT2D eigenvalue weighted by Gasteiger charge is 2.39. The molecule has 1 aromatic carbocycles. The first-order chi connectivity index (χ1) is 11.7. The maximum atomic E-state index is 12.0. The molecule has 3 atom stereocenters. The minimum absolute atomic E-state index is 0.00772. The lowest BCUT2D eigenvalue weighted by molar-refractivity contribution is -0.147. The molecule has 0 radical (unpaired) electrons. The third kappa shape index (κ3) is 3.09. The van der Waals surface area contributed by atoms with Gasteiger partial charge in [-0.2, -0.15) is 0 Å². The van der Waals surface area contributed by atoms with Crippen molar-refractivity contribution in [3.05, 3.63) is 40.7 Å². The molecule has 1 aromatic heterocycles. The lowest BCUT2D eigenvalue weighted by Gasteiger charge is -2.34. The number of esters is 1. The van der Waals surface area contributed by atoms with E-state index in [9.17, 15) is 4.79 Å². The van der Waals surface area contributed by atoms with E-state index in [4.69, 9.17) is 14.5 Å². The van der Waals surface area contributed by atoms with E-state index in [1.165, 1.54) is 0 Å². The summed E-state index contributed by atoms with van der Waals surface area (Å²) in [6.45, 7) is 4.01. The molecule has 0 bridgehead atoms. The highest BCUT2D eigenvalue weighted by molar-refractivity contribution is 7.10. The van der Waals surface area contributed by atoms with E-state index in [0.29, 0.717) is 13.2 Å². The molecule has 2 fully saturated rings. The van der Waals surface area contributed by atoms with Crippen LogP contribution in [-0.2, 0) is 14.3 Å². The molecule has 0 unspecified atom stereocenters. The van der Waals surface area contributed by atoms with E-state index in [0.717, 1.165) is 29.2 Å². The van der Waals surface area contributed by atoms with Crippen molar-refractivity contribution >= 4 is 17.3 Å². The summed E-state index contributed by atoms with van der Waals surface area (Å²) in [7, 11) is 0. The molecule has 24 heavy (non-hydrogen) atoms. The standard InChI is InChI=1S/C18H20N2O3S/c1-12-9-15(18(21)23-12)20-7-8-22-16(10-20)17-19-14(11-24-17)13-5-3-2-4-6-13/h2-6,11-12,15-16H,7-10H2,1H3/t12-,15-,16+/m1/s1. The Hall–Kier alpha value is -1.76. The summed E-state index contributed by atoms with van der Waals surface area (Å²) >= 11 is 1.62. The summed E-state index contributed by atoms with van der Waals surface area (Å²) in [4.78, 5) is 18.9. The van der Waals surface area contributed by atoms with Crippen LogP contribution >= 0.6 is 11.3 Å². The Kier molecular flexibility index (Phi) is 4.35. The molecule has 0 amide bonds. The number of nitrogens with zero attached hydrogens (tertiary/aromatic N) is 2. The molecule has 0 spiro atoms. The van der Waals surface area contributed by atoms with Gasteiger partial charge in [-0.05, 0) is 6.92 Å². The smallest absolute Gasteiger partial charge is 0.323 e. The first kappa shape index (κ1) is 15.7. The molecule has 2 saturated heterocycles. The number of morpholine rings is 1. The van der Waals surface area contributed by atoms with Crippen molar-refractivity contribution in [1.82, 2.24) is 9.88 Å². The summed E-state index contributed by atoms with van der Waals surface area (Å²) in [6, 6.07) is 10.0. The molecule has 0 aliphatic carbocycles. The molecule has 2 aromatic rings. The quantitative estimate of drug-likeness (QED) is 0.802. The van der Waals surface area contributed by atoms with Crippen LogP contribution in [0.25, 0.3) is 11.3 Å². The number of thiazole rings is 1. The molecule has 0 saturated carbocycles. The van der Waals surface area contributed by atoms with Gasteiger partial charge in [-0.25, -0.2) is 4.98 Å². The second kappa shape index (κ2) is 6.63. The monoisotopic (exact) mass is 344 g/mol. The number of benzene rings is 1. The second-order valence-corrected chi connectivity index (χ2v) is 7.18. The SMILES string of the molecule is C[C@@H]1C[C@@H](N2CCO[C@H](c3nc(-c4ccccc4)cs3)C2)C(=O)O1. The topological polar surface area (TPSA) is 51.7 Å². The van der Waals surface area contributed by atoms with Crippen molar-refractivity contribution in [2.24, 2.45) is 0 Å². The Morgan fingerprint density at radius 1 is 1.29 bits per heavy atom. The van der Waals surface area contributed by atoms with E-state index in [1.807, 2.05) is 25.1 Å². The van der Waals surface area contributed by atoms with Gasteiger partial charge in [0.1, 0.15) is 23.3 Å². The van der Waals surface area contributed by atoms with Gasteiger partial charge in [-0.1, -0.05) is 30.3 Å². The Bertz CT molecular complexity index is 718. The van der Waals surface area contributed by atoms with Gasteiger partial charge >= 0.3 is 5.97 Å². The Balaban J connectivity index is 1.49. The third-order valence-corrected chi connectivity index (χ3v) is 5.49. The Labute approximate surface area is 145 Å². The maximum absolute atomic E-state index is 12.0. The van der Waals surface area contributed by atoms with E-state index in [-0.39, 0.29) is 24.2 Å². The summed E-state index contributed by atoms with van der Waals surface area (Å²) in [5, 5.41) is 3.04. The van der Waals surface area contributed by atoms with Gasteiger partial charge in [0, 0.05) is 30.5 Å². The van der Waals surface area contributed by atoms with Crippen LogP contribution in [0.2, 0.25) is 0 Å². The molecule has 4 rings (SSSR count). The lowest BCUT2D eigenvalue weighted by atomic mass is 10.1. The minimum Gasteiger partial charge on any atom is -0.461 e. The van der Waals surface area contributed by atoms with Gasteiger partial charge in [0.15, 0.2) is 0 Å². The average molecular weight is 344 g/mol. The molecule has 126 valence electrons. The molecule has 0 N–H and O–H groups in total. The number of carbonyl (C=O) groups excluding carboxylic acids is 1. The van der Waals surface area contributed by atoms with Gasteiger partial charge in [0.05, 0.1) is 12.3 Å². The number of rotatable bonds is 3. The van der Waals surface area contributed by atoms with Crippen molar-refractivity contribution in [3.8, 4) is 11.3 Å². The van der Waals surface area contributed by atoms with Crippen molar-refractivity contribution < 1.29 is 14.3 Å². The van der Waals surface area contributed by atoms with Crippen molar-refractivity contribution in [3.63, 3.8) is 0 Å². The Morgan fingerprint density at radius 3 is 2.88 bits per heavy atom. The summed E-state index contributed by atoms with van der Waals surface area (Å²) in [5.74, 6) is -0.104. The van der Waals surface area contributed by atoms with E-state index < -0.39 is 0 Å². The third-order valence-electron chi connectivity index (χ3n) is 4.55. The minimum atomic E-state index is -0.139. The average Bonchev–Trinajstić information content (AvgIpc) is 3.22. The lowest BCUT2D eigenvalue weighted by Crippen LogP contribution is -2.46. The maximum Gasteiger partial charge on any atom is 0.323 e. The van der Waals surface area contributed by atoms with Crippen LogP contribution in [0.4, 0.5) is 0 Å². The highest BCUT2D eigenvalue weighted by Crippen LogP contribution is 2.31.